The zero-order valence-corrected chi connectivity index (χ0v) is 8.83. The molecule has 1 heterocycles. The third kappa shape index (κ3) is 1.06. The van der Waals surface area contributed by atoms with E-state index in [2.05, 4.69) is 27.8 Å². The zero-order chi connectivity index (χ0) is 8.72. The first-order valence-electron chi connectivity index (χ1n) is 3.62. The number of hydrogen-bond acceptors (Lipinski definition) is 0. The SMILES string of the molecule is Cc1c(Br)cc(Cl)c2cc[nH]c12. The Bertz CT molecular complexity index is 433. The van der Waals surface area contributed by atoms with Gasteiger partial charge in [0.2, 0.25) is 0 Å². The first-order chi connectivity index (χ1) is 5.70. The highest BCUT2D eigenvalue weighted by Gasteiger charge is 2.05. The van der Waals surface area contributed by atoms with Gasteiger partial charge in [0, 0.05) is 16.1 Å². The van der Waals surface area contributed by atoms with E-state index in [0.29, 0.717) is 0 Å². The van der Waals surface area contributed by atoms with E-state index in [9.17, 15) is 0 Å². The van der Waals surface area contributed by atoms with Crippen LogP contribution in [-0.4, -0.2) is 4.98 Å². The van der Waals surface area contributed by atoms with Crippen LogP contribution in [0, 0.1) is 6.92 Å². The molecule has 1 N–H and O–H groups in total. The van der Waals surface area contributed by atoms with Gasteiger partial charge in [0.1, 0.15) is 0 Å². The number of aryl methyl sites for hydroxylation is 1. The molecule has 0 spiro atoms. The number of halogens is 2. The minimum Gasteiger partial charge on any atom is -0.361 e. The molecular weight excluding hydrogens is 237 g/mol. The van der Waals surface area contributed by atoms with Crippen molar-refractivity contribution >= 4 is 38.4 Å². The second-order valence-corrected chi connectivity index (χ2v) is 3.99. The zero-order valence-electron chi connectivity index (χ0n) is 6.49. The standard InChI is InChI=1S/C9H7BrClN/c1-5-7(10)4-8(11)6-2-3-12-9(5)6/h2-4,12H,1H3. The van der Waals surface area contributed by atoms with Crippen molar-refractivity contribution in [3.05, 3.63) is 33.4 Å². The highest BCUT2D eigenvalue weighted by Crippen LogP contribution is 2.30. The van der Waals surface area contributed by atoms with E-state index in [4.69, 9.17) is 11.6 Å². The monoisotopic (exact) mass is 243 g/mol. The predicted molar refractivity (Wildman–Crippen MR) is 55.7 cm³/mol. The van der Waals surface area contributed by atoms with Gasteiger partial charge in [0.15, 0.2) is 0 Å². The number of aromatic amines is 1. The van der Waals surface area contributed by atoms with Crippen LogP contribution in [0.3, 0.4) is 0 Å². The van der Waals surface area contributed by atoms with Crippen LogP contribution >= 0.6 is 27.5 Å². The predicted octanol–water partition coefficient (Wildman–Crippen LogP) is 3.89. The Morgan fingerprint density at radius 2 is 2.25 bits per heavy atom. The Hall–Kier alpha value is -0.470. The highest BCUT2D eigenvalue weighted by atomic mass is 79.9. The minimum atomic E-state index is 0.781. The van der Waals surface area contributed by atoms with E-state index in [1.165, 1.54) is 5.56 Å². The summed E-state index contributed by atoms with van der Waals surface area (Å²) in [5, 5.41) is 1.86. The molecule has 2 rings (SSSR count). The summed E-state index contributed by atoms with van der Waals surface area (Å²) in [6.45, 7) is 2.05. The maximum Gasteiger partial charge on any atom is 0.0511 e. The van der Waals surface area contributed by atoms with Crippen LogP contribution in [0.25, 0.3) is 10.9 Å². The maximum absolute atomic E-state index is 6.03. The van der Waals surface area contributed by atoms with Crippen LogP contribution in [0.5, 0.6) is 0 Å². The largest absolute Gasteiger partial charge is 0.361 e. The Balaban J connectivity index is 2.97. The van der Waals surface area contributed by atoms with E-state index >= 15 is 0 Å². The average Bonchev–Trinajstić information content (AvgIpc) is 2.48. The number of benzene rings is 1. The van der Waals surface area contributed by atoms with Crippen molar-refractivity contribution in [1.82, 2.24) is 4.98 Å². The maximum atomic E-state index is 6.03. The van der Waals surface area contributed by atoms with Crippen molar-refractivity contribution in [2.75, 3.05) is 0 Å². The third-order valence-corrected chi connectivity index (χ3v) is 3.13. The summed E-state index contributed by atoms with van der Waals surface area (Å²) in [5.41, 5.74) is 2.30. The van der Waals surface area contributed by atoms with Crippen LogP contribution < -0.4 is 0 Å². The van der Waals surface area contributed by atoms with Crippen molar-refractivity contribution < 1.29 is 0 Å². The van der Waals surface area contributed by atoms with Gasteiger partial charge in [-0.25, -0.2) is 0 Å². The number of fused-ring (bicyclic) bond motifs is 1. The molecular formula is C9H7BrClN. The first-order valence-corrected chi connectivity index (χ1v) is 4.79. The molecule has 1 aromatic heterocycles. The van der Waals surface area contributed by atoms with Crippen LogP contribution in [0.15, 0.2) is 22.8 Å². The fourth-order valence-electron chi connectivity index (χ4n) is 1.30. The Labute approximate surface area is 83.9 Å². The van der Waals surface area contributed by atoms with Gasteiger partial charge in [-0.15, -0.1) is 0 Å². The van der Waals surface area contributed by atoms with Crippen molar-refractivity contribution in [1.29, 1.82) is 0 Å². The number of H-pyrrole nitrogens is 1. The van der Waals surface area contributed by atoms with E-state index in [0.717, 1.165) is 20.4 Å². The molecule has 0 amide bonds. The van der Waals surface area contributed by atoms with Crippen LogP contribution in [0.1, 0.15) is 5.56 Å². The van der Waals surface area contributed by atoms with Gasteiger partial charge in [0.25, 0.3) is 0 Å². The molecule has 0 radical (unpaired) electrons. The fraction of sp³-hybridized carbons (Fsp3) is 0.111. The summed E-state index contributed by atoms with van der Waals surface area (Å²) < 4.78 is 1.04. The number of hydrogen-bond donors (Lipinski definition) is 1. The molecule has 2 aromatic rings. The molecule has 0 saturated carbocycles. The quantitative estimate of drug-likeness (QED) is 0.724. The van der Waals surface area contributed by atoms with Gasteiger partial charge < -0.3 is 4.98 Å². The second kappa shape index (κ2) is 2.79. The molecule has 12 heavy (non-hydrogen) atoms. The lowest BCUT2D eigenvalue weighted by Crippen LogP contribution is -1.79. The Kier molecular flexibility index (Phi) is 1.89. The molecule has 0 atom stereocenters. The van der Waals surface area contributed by atoms with E-state index in [1.807, 2.05) is 18.3 Å². The molecule has 1 nitrogen and oxygen atoms in total. The van der Waals surface area contributed by atoms with Gasteiger partial charge in [-0.05, 0) is 24.6 Å². The lowest BCUT2D eigenvalue weighted by Gasteiger charge is -2.01. The van der Waals surface area contributed by atoms with Crippen molar-refractivity contribution in [3.63, 3.8) is 0 Å². The van der Waals surface area contributed by atoms with Crippen molar-refractivity contribution in [3.8, 4) is 0 Å². The summed E-state index contributed by atoms with van der Waals surface area (Å²) in [6.07, 6.45) is 1.90. The molecule has 0 aliphatic carbocycles. The molecule has 62 valence electrons. The molecule has 0 saturated heterocycles. The summed E-state index contributed by atoms with van der Waals surface area (Å²) in [5.74, 6) is 0. The first kappa shape index (κ1) is 8.14. The van der Waals surface area contributed by atoms with Gasteiger partial charge in [-0.1, -0.05) is 27.5 Å². The van der Waals surface area contributed by atoms with E-state index < -0.39 is 0 Å². The summed E-state index contributed by atoms with van der Waals surface area (Å²) in [6, 6.07) is 3.91. The molecule has 0 bridgehead atoms. The molecule has 3 heteroatoms. The third-order valence-electron chi connectivity index (χ3n) is 1.99. The topological polar surface area (TPSA) is 15.8 Å². The number of rotatable bonds is 0. The van der Waals surface area contributed by atoms with Gasteiger partial charge in [-0.3, -0.25) is 0 Å². The minimum absolute atomic E-state index is 0.781. The van der Waals surface area contributed by atoms with Gasteiger partial charge in [0.05, 0.1) is 10.5 Å². The van der Waals surface area contributed by atoms with E-state index in [-0.39, 0.29) is 0 Å². The summed E-state index contributed by atoms with van der Waals surface area (Å²) in [4.78, 5) is 3.16. The highest BCUT2D eigenvalue weighted by molar-refractivity contribution is 9.10. The number of aromatic nitrogens is 1. The fourth-order valence-corrected chi connectivity index (χ4v) is 2.12. The average molecular weight is 245 g/mol. The van der Waals surface area contributed by atoms with Gasteiger partial charge in [-0.2, -0.15) is 0 Å². The Morgan fingerprint density at radius 1 is 1.50 bits per heavy atom. The van der Waals surface area contributed by atoms with Crippen LogP contribution in [-0.2, 0) is 0 Å². The molecule has 1 aromatic carbocycles. The lowest BCUT2D eigenvalue weighted by atomic mass is 10.2. The van der Waals surface area contributed by atoms with Crippen molar-refractivity contribution in [2.24, 2.45) is 0 Å². The van der Waals surface area contributed by atoms with Gasteiger partial charge >= 0.3 is 0 Å². The Morgan fingerprint density at radius 3 is 3.00 bits per heavy atom. The normalized spacial score (nSPS) is 10.9. The molecule has 0 fully saturated rings. The second-order valence-electron chi connectivity index (χ2n) is 2.73. The van der Waals surface area contributed by atoms with Crippen LogP contribution in [0.2, 0.25) is 5.02 Å². The lowest BCUT2D eigenvalue weighted by molar-refractivity contribution is 1.40. The van der Waals surface area contributed by atoms with Crippen molar-refractivity contribution in [2.45, 2.75) is 6.92 Å². The molecule has 0 unspecified atom stereocenters. The summed E-state index contributed by atoms with van der Waals surface area (Å²) >= 11 is 9.47. The van der Waals surface area contributed by atoms with E-state index in [1.54, 1.807) is 0 Å². The summed E-state index contributed by atoms with van der Waals surface area (Å²) in [7, 11) is 0. The number of nitrogens with one attached hydrogen (secondary N) is 1. The molecule has 0 aliphatic rings. The smallest absolute Gasteiger partial charge is 0.0511 e. The molecule has 0 aliphatic heterocycles. The van der Waals surface area contributed by atoms with Crippen LogP contribution in [0.4, 0.5) is 0 Å².